The third-order valence-electron chi connectivity index (χ3n) is 1.62. The normalized spacial score (nSPS) is 12.4. The second kappa shape index (κ2) is 5.12. The van der Waals surface area contributed by atoms with Gasteiger partial charge in [0.15, 0.2) is 0 Å². The average Bonchev–Trinajstić information content (AvgIpc) is 2.26. The van der Waals surface area contributed by atoms with Gasteiger partial charge in [0.1, 0.15) is 0 Å². The van der Waals surface area contributed by atoms with E-state index in [1.54, 1.807) is 0 Å². The van der Waals surface area contributed by atoms with Crippen molar-refractivity contribution in [2.75, 3.05) is 0 Å². The van der Waals surface area contributed by atoms with Gasteiger partial charge < -0.3 is 0 Å². The van der Waals surface area contributed by atoms with Gasteiger partial charge in [-0.05, 0) is 12.1 Å². The van der Waals surface area contributed by atoms with Crippen LogP contribution in [0.4, 0.5) is 18.9 Å². The van der Waals surface area contributed by atoms with E-state index in [4.69, 9.17) is 0 Å². The highest BCUT2D eigenvalue weighted by molar-refractivity contribution is 8.09. The molecule has 6 nitrogen and oxygen atoms in total. The molecule has 0 saturated carbocycles. The number of hydrogen-bond acceptors (Lipinski definition) is 5. The van der Waals surface area contributed by atoms with Crippen LogP contribution in [0.5, 0.6) is 0 Å². The summed E-state index contributed by atoms with van der Waals surface area (Å²) in [6.45, 7) is 0. The number of halogens is 3. The quantitative estimate of drug-likeness (QED) is 0.522. The van der Waals surface area contributed by atoms with Crippen molar-refractivity contribution in [3.8, 4) is 0 Å². The molecule has 0 atom stereocenters. The minimum Gasteiger partial charge on any atom is -0.258 e. The molecule has 0 aliphatic carbocycles. The minimum absolute atomic E-state index is 0.363. The molecular weight excluding hydrogens is 297 g/mol. The van der Waals surface area contributed by atoms with Crippen LogP contribution in [0.1, 0.15) is 0 Å². The van der Waals surface area contributed by atoms with E-state index in [-0.39, 0.29) is 5.69 Å². The monoisotopic (exact) mass is 302 g/mol. The van der Waals surface area contributed by atoms with Gasteiger partial charge in [0, 0.05) is 24.1 Å². The Labute approximate surface area is 104 Å². The second-order valence-corrected chi connectivity index (χ2v) is 5.70. The van der Waals surface area contributed by atoms with E-state index in [0.29, 0.717) is 0 Å². The zero-order chi connectivity index (χ0) is 14.0. The lowest BCUT2D eigenvalue weighted by molar-refractivity contribution is -0.384. The minimum atomic E-state index is -4.76. The van der Waals surface area contributed by atoms with E-state index in [1.807, 2.05) is 0 Å². The fourth-order valence-electron chi connectivity index (χ4n) is 0.897. The smallest absolute Gasteiger partial charge is 0.258 e. The zero-order valence-electron chi connectivity index (χ0n) is 8.34. The van der Waals surface area contributed by atoms with Crippen molar-refractivity contribution in [1.29, 1.82) is 0 Å². The maximum Gasteiger partial charge on any atom is 0.457 e. The van der Waals surface area contributed by atoms with Gasteiger partial charge in [-0.25, -0.2) is 8.42 Å². The van der Waals surface area contributed by atoms with Crippen LogP contribution in [0.3, 0.4) is 0 Å². The van der Waals surface area contributed by atoms with Crippen LogP contribution in [0.2, 0.25) is 0 Å². The maximum absolute atomic E-state index is 11.8. The molecule has 0 heterocycles. The van der Waals surface area contributed by atoms with Crippen molar-refractivity contribution in [3.63, 3.8) is 0 Å². The number of nitro groups is 1. The largest absolute Gasteiger partial charge is 0.457 e. The first-order valence-corrected chi connectivity index (χ1v) is 6.43. The molecule has 0 radical (unpaired) electrons. The van der Waals surface area contributed by atoms with E-state index in [9.17, 15) is 31.7 Å². The van der Waals surface area contributed by atoms with Gasteiger partial charge >= 0.3 is 5.51 Å². The summed E-state index contributed by atoms with van der Waals surface area (Å²) in [6.07, 6.45) is 0. The molecule has 0 unspecified atom stereocenters. The third-order valence-corrected chi connectivity index (χ3v) is 3.96. The van der Waals surface area contributed by atoms with Gasteiger partial charge in [-0.15, -0.1) is 4.13 Å². The molecule has 0 amide bonds. The lowest BCUT2D eigenvalue weighted by Crippen LogP contribution is -2.21. The van der Waals surface area contributed by atoms with Gasteiger partial charge in [-0.2, -0.15) is 13.2 Å². The Morgan fingerprint density at radius 1 is 1.22 bits per heavy atom. The first-order valence-electron chi connectivity index (χ1n) is 4.13. The van der Waals surface area contributed by atoms with Crippen molar-refractivity contribution in [3.05, 3.63) is 34.4 Å². The van der Waals surface area contributed by atoms with Crippen LogP contribution in [0.15, 0.2) is 29.2 Å². The highest BCUT2D eigenvalue weighted by Gasteiger charge is 2.31. The van der Waals surface area contributed by atoms with Gasteiger partial charge in [-0.1, -0.05) is 0 Å². The molecule has 100 valence electrons. The van der Waals surface area contributed by atoms with Crippen LogP contribution in [0, 0.1) is 10.1 Å². The molecule has 11 heteroatoms. The van der Waals surface area contributed by atoms with E-state index < -0.39 is 37.3 Å². The number of nitro benzene ring substituents is 1. The fraction of sp³-hybridized carbons (Fsp3) is 0.143. The Morgan fingerprint density at radius 3 is 2.11 bits per heavy atom. The Morgan fingerprint density at radius 2 is 1.72 bits per heavy atom. The summed E-state index contributed by atoms with van der Waals surface area (Å²) < 4.78 is 59.4. The molecule has 1 rings (SSSR count). The van der Waals surface area contributed by atoms with Crippen LogP contribution in [0.25, 0.3) is 0 Å². The Kier molecular flexibility index (Phi) is 4.19. The molecule has 0 saturated heterocycles. The van der Waals surface area contributed by atoms with E-state index in [0.717, 1.165) is 24.3 Å². The first kappa shape index (κ1) is 14.7. The summed E-state index contributed by atoms with van der Waals surface area (Å²) in [7, 11) is -4.37. The summed E-state index contributed by atoms with van der Waals surface area (Å²) in [5, 5.41) is 10.3. The van der Waals surface area contributed by atoms with Gasteiger partial charge in [0.25, 0.3) is 5.69 Å². The summed E-state index contributed by atoms with van der Waals surface area (Å²) in [4.78, 5) is 9.06. The Balaban J connectivity index is 2.89. The molecule has 1 aromatic rings. The number of nitrogens with zero attached hydrogens (tertiary/aromatic N) is 1. The Hall–Kier alpha value is -1.33. The third kappa shape index (κ3) is 4.16. The number of rotatable bonds is 4. The summed E-state index contributed by atoms with van der Waals surface area (Å²) in [5.41, 5.74) is -5.12. The number of hydrogen-bond donors (Lipinski definition) is 1. The maximum atomic E-state index is 11.8. The van der Waals surface area contributed by atoms with Crippen molar-refractivity contribution in [2.24, 2.45) is 0 Å². The highest BCUT2D eigenvalue weighted by atomic mass is 32.3. The number of benzene rings is 1. The molecule has 0 spiro atoms. The molecule has 0 aromatic heterocycles. The lowest BCUT2D eigenvalue weighted by Gasteiger charge is -2.07. The molecule has 18 heavy (non-hydrogen) atoms. The van der Waals surface area contributed by atoms with E-state index >= 15 is 0 Å². The molecule has 1 N–H and O–H groups in total. The van der Waals surface area contributed by atoms with Gasteiger partial charge in [0.2, 0.25) is 10.0 Å². The molecule has 1 aromatic carbocycles. The van der Waals surface area contributed by atoms with Crippen LogP contribution in [-0.2, 0) is 10.0 Å². The second-order valence-electron chi connectivity index (χ2n) is 2.89. The number of nitrogens with one attached hydrogen (secondary N) is 1. The fourth-order valence-corrected chi connectivity index (χ4v) is 2.59. The van der Waals surface area contributed by atoms with Crippen molar-refractivity contribution >= 4 is 27.7 Å². The summed E-state index contributed by atoms with van der Waals surface area (Å²) in [5.74, 6) is 0. The standard InChI is InChI=1S/C7H5F3N2O4S2/c8-7(9,10)17-11-18(15,16)6-3-1-5(2-4-6)12(13)14/h1-4,11H. The summed E-state index contributed by atoms with van der Waals surface area (Å²) in [6, 6.07) is 3.45. The molecule has 0 bridgehead atoms. The molecule has 0 aliphatic heterocycles. The zero-order valence-corrected chi connectivity index (χ0v) is 9.97. The Bertz CT molecular complexity index is 541. The SMILES string of the molecule is O=[N+]([O-])c1ccc(S(=O)(=O)NSC(F)(F)F)cc1. The predicted octanol–water partition coefficient (Wildman–Crippen LogP) is 2.04. The van der Waals surface area contributed by atoms with Crippen LogP contribution < -0.4 is 4.13 Å². The van der Waals surface area contributed by atoms with Gasteiger partial charge in [-0.3, -0.25) is 10.1 Å². The number of non-ortho nitro benzene ring substituents is 1. The van der Waals surface area contributed by atoms with Crippen LogP contribution in [-0.4, -0.2) is 18.8 Å². The first-order chi connectivity index (χ1) is 8.12. The molecular formula is C7H5F3N2O4S2. The van der Waals surface area contributed by atoms with Crippen molar-refractivity contribution in [2.45, 2.75) is 10.4 Å². The van der Waals surface area contributed by atoms with Crippen molar-refractivity contribution in [1.82, 2.24) is 4.13 Å². The van der Waals surface area contributed by atoms with Crippen molar-refractivity contribution < 1.29 is 26.5 Å². The highest BCUT2D eigenvalue weighted by Crippen LogP contribution is 2.29. The molecule has 0 fully saturated rings. The van der Waals surface area contributed by atoms with E-state index in [2.05, 4.69) is 0 Å². The topological polar surface area (TPSA) is 89.3 Å². The number of sulfonamides is 1. The van der Waals surface area contributed by atoms with E-state index in [1.165, 1.54) is 4.13 Å². The average molecular weight is 302 g/mol. The summed E-state index contributed by atoms with van der Waals surface area (Å²) >= 11 is -0.926. The lowest BCUT2D eigenvalue weighted by atomic mass is 10.3. The van der Waals surface area contributed by atoms with Gasteiger partial charge in [0.05, 0.1) is 9.82 Å². The number of alkyl halides is 3. The van der Waals surface area contributed by atoms with Crippen LogP contribution >= 0.6 is 11.9 Å². The predicted molar refractivity (Wildman–Crippen MR) is 57.1 cm³/mol. The molecule has 0 aliphatic rings.